The average Bonchev–Trinajstić information content (AvgIpc) is 2.62. The fourth-order valence-electron chi connectivity index (χ4n) is 3.34. The zero-order valence-corrected chi connectivity index (χ0v) is 13.2. The van der Waals surface area contributed by atoms with Crippen LogP contribution in [0.4, 0.5) is 0 Å². The van der Waals surface area contributed by atoms with Gasteiger partial charge in [0.15, 0.2) is 0 Å². The maximum Gasteiger partial charge on any atom is -0.00930 e. The molecule has 0 bridgehead atoms. The van der Waals surface area contributed by atoms with Gasteiger partial charge in [-0.05, 0) is 51.2 Å². The first kappa shape index (κ1) is 13.8. The van der Waals surface area contributed by atoms with E-state index in [-0.39, 0.29) is 0 Å². The molecule has 23 heavy (non-hydrogen) atoms. The Morgan fingerprint density at radius 2 is 1.26 bits per heavy atom. The Hall–Kier alpha value is -2.86. The van der Waals surface area contributed by atoms with Gasteiger partial charge in [0.05, 0.1) is 0 Å². The zero-order chi connectivity index (χ0) is 15.6. The molecule has 4 aromatic rings. The highest BCUT2D eigenvalue weighted by atomic mass is 14.1. The lowest BCUT2D eigenvalue weighted by atomic mass is 9.91. The van der Waals surface area contributed by atoms with Crippen LogP contribution in [-0.4, -0.2) is 0 Å². The van der Waals surface area contributed by atoms with E-state index in [2.05, 4.69) is 97.9 Å². The van der Waals surface area contributed by atoms with E-state index in [1.54, 1.807) is 0 Å². The molecule has 0 saturated heterocycles. The molecular formula is C23H18. The Balaban J connectivity index is 2.15. The lowest BCUT2D eigenvalue weighted by Crippen LogP contribution is -1.87. The molecule has 4 aromatic carbocycles. The minimum atomic E-state index is 1.26. The molecule has 0 N–H and O–H groups in total. The summed E-state index contributed by atoms with van der Waals surface area (Å²) in [7, 11) is 0. The lowest BCUT2D eigenvalue weighted by molar-refractivity contribution is 1.62. The summed E-state index contributed by atoms with van der Waals surface area (Å²) in [5.41, 5.74) is 3.84. The second kappa shape index (κ2) is 5.73. The third-order valence-corrected chi connectivity index (χ3v) is 4.37. The average molecular weight is 294 g/mol. The number of hydrogen-bond acceptors (Lipinski definition) is 0. The molecule has 0 heteroatoms. The van der Waals surface area contributed by atoms with Crippen molar-refractivity contribution in [1.82, 2.24) is 0 Å². The van der Waals surface area contributed by atoms with Gasteiger partial charge in [-0.3, -0.25) is 0 Å². The van der Waals surface area contributed by atoms with Crippen LogP contribution in [0.1, 0.15) is 12.5 Å². The minimum Gasteiger partial charge on any atom is -0.0870 e. The molecule has 0 radical (unpaired) electrons. The molecule has 0 atom stereocenters. The van der Waals surface area contributed by atoms with Crippen molar-refractivity contribution in [3.05, 3.63) is 90.5 Å². The summed E-state index contributed by atoms with van der Waals surface area (Å²) in [6, 6.07) is 28.3. The van der Waals surface area contributed by atoms with Gasteiger partial charge in [0, 0.05) is 0 Å². The van der Waals surface area contributed by atoms with E-state index in [1.807, 2.05) is 0 Å². The van der Waals surface area contributed by atoms with Crippen LogP contribution in [0.5, 0.6) is 0 Å². The van der Waals surface area contributed by atoms with E-state index in [9.17, 15) is 0 Å². The van der Waals surface area contributed by atoms with Crippen molar-refractivity contribution < 1.29 is 0 Å². The van der Waals surface area contributed by atoms with Crippen LogP contribution in [0.3, 0.4) is 0 Å². The van der Waals surface area contributed by atoms with Crippen molar-refractivity contribution in [3.63, 3.8) is 0 Å². The molecule has 0 saturated carbocycles. The SMILES string of the molecule is C/C=C/c1ccccc1-c1cc2ccccc2c2ccccc12. The highest BCUT2D eigenvalue weighted by Gasteiger charge is 2.09. The van der Waals surface area contributed by atoms with Gasteiger partial charge in [0.2, 0.25) is 0 Å². The highest BCUT2D eigenvalue weighted by Crippen LogP contribution is 2.36. The molecular weight excluding hydrogens is 276 g/mol. The van der Waals surface area contributed by atoms with Gasteiger partial charge in [-0.25, -0.2) is 0 Å². The normalized spacial score (nSPS) is 11.5. The summed E-state index contributed by atoms with van der Waals surface area (Å²) in [6.45, 7) is 2.06. The predicted octanol–water partition coefficient (Wildman–Crippen LogP) is 6.69. The first-order valence-electron chi connectivity index (χ1n) is 8.01. The van der Waals surface area contributed by atoms with Gasteiger partial charge in [0.25, 0.3) is 0 Å². The lowest BCUT2D eigenvalue weighted by Gasteiger charge is -2.13. The molecule has 0 nitrogen and oxygen atoms in total. The van der Waals surface area contributed by atoms with Crippen molar-refractivity contribution in [1.29, 1.82) is 0 Å². The monoisotopic (exact) mass is 294 g/mol. The summed E-state index contributed by atoms with van der Waals surface area (Å²) in [5, 5.41) is 5.23. The number of rotatable bonds is 2. The second-order valence-electron chi connectivity index (χ2n) is 5.78. The van der Waals surface area contributed by atoms with Crippen LogP contribution >= 0.6 is 0 Å². The Bertz CT molecular complexity index is 1020. The van der Waals surface area contributed by atoms with E-state index >= 15 is 0 Å². The van der Waals surface area contributed by atoms with Gasteiger partial charge in [-0.2, -0.15) is 0 Å². The minimum absolute atomic E-state index is 1.26. The summed E-state index contributed by atoms with van der Waals surface area (Å²) < 4.78 is 0. The molecule has 4 rings (SSSR count). The molecule has 0 aliphatic rings. The van der Waals surface area contributed by atoms with Gasteiger partial charge in [-0.1, -0.05) is 84.9 Å². The maximum atomic E-state index is 2.32. The van der Waals surface area contributed by atoms with E-state index in [0.717, 1.165) is 0 Å². The topological polar surface area (TPSA) is 0 Å². The third kappa shape index (κ3) is 2.33. The molecule has 0 spiro atoms. The molecule has 0 aliphatic carbocycles. The predicted molar refractivity (Wildman–Crippen MR) is 102 cm³/mol. The Labute approximate surface area is 136 Å². The molecule has 0 heterocycles. The molecule has 0 aliphatic heterocycles. The maximum absolute atomic E-state index is 2.32. The Kier molecular flexibility index (Phi) is 3.44. The van der Waals surface area contributed by atoms with Crippen LogP contribution in [0.2, 0.25) is 0 Å². The molecule has 110 valence electrons. The third-order valence-electron chi connectivity index (χ3n) is 4.37. The number of benzene rings is 4. The van der Waals surface area contributed by atoms with E-state index in [4.69, 9.17) is 0 Å². The molecule has 0 fully saturated rings. The zero-order valence-electron chi connectivity index (χ0n) is 13.2. The van der Waals surface area contributed by atoms with Gasteiger partial charge < -0.3 is 0 Å². The first-order valence-corrected chi connectivity index (χ1v) is 8.01. The van der Waals surface area contributed by atoms with Crippen molar-refractivity contribution in [3.8, 4) is 11.1 Å². The van der Waals surface area contributed by atoms with Crippen LogP contribution in [0.25, 0.3) is 38.7 Å². The molecule has 0 amide bonds. The number of allylic oxidation sites excluding steroid dienone is 1. The number of hydrogen-bond donors (Lipinski definition) is 0. The summed E-state index contributed by atoms with van der Waals surface area (Å²) in [6.07, 6.45) is 4.28. The van der Waals surface area contributed by atoms with Crippen molar-refractivity contribution in [2.45, 2.75) is 6.92 Å². The van der Waals surface area contributed by atoms with Gasteiger partial charge in [-0.15, -0.1) is 0 Å². The largest absolute Gasteiger partial charge is 0.0870 e. The van der Waals surface area contributed by atoms with Crippen molar-refractivity contribution in [2.75, 3.05) is 0 Å². The fourth-order valence-corrected chi connectivity index (χ4v) is 3.34. The highest BCUT2D eigenvalue weighted by molar-refractivity contribution is 6.14. The second-order valence-corrected chi connectivity index (χ2v) is 5.78. The molecule has 0 aromatic heterocycles. The van der Waals surface area contributed by atoms with Crippen LogP contribution in [0, 0.1) is 0 Å². The van der Waals surface area contributed by atoms with E-state index in [1.165, 1.54) is 38.2 Å². The van der Waals surface area contributed by atoms with Crippen molar-refractivity contribution >= 4 is 27.6 Å². The molecule has 0 unspecified atom stereocenters. The Morgan fingerprint density at radius 1 is 0.609 bits per heavy atom. The summed E-state index contributed by atoms with van der Waals surface area (Å²) in [5.74, 6) is 0. The van der Waals surface area contributed by atoms with Gasteiger partial charge in [0.1, 0.15) is 0 Å². The van der Waals surface area contributed by atoms with Crippen LogP contribution in [-0.2, 0) is 0 Å². The first-order chi connectivity index (χ1) is 11.4. The summed E-state index contributed by atoms with van der Waals surface area (Å²) in [4.78, 5) is 0. The van der Waals surface area contributed by atoms with Crippen molar-refractivity contribution in [2.24, 2.45) is 0 Å². The fraction of sp³-hybridized carbons (Fsp3) is 0.0435. The quantitative estimate of drug-likeness (QED) is 0.361. The van der Waals surface area contributed by atoms with E-state index in [0.29, 0.717) is 0 Å². The number of fused-ring (bicyclic) bond motifs is 3. The van der Waals surface area contributed by atoms with Gasteiger partial charge >= 0.3 is 0 Å². The summed E-state index contributed by atoms with van der Waals surface area (Å²) >= 11 is 0. The van der Waals surface area contributed by atoms with Crippen LogP contribution in [0.15, 0.2) is 84.9 Å². The smallest absolute Gasteiger partial charge is 0.00930 e. The van der Waals surface area contributed by atoms with Crippen LogP contribution < -0.4 is 0 Å². The Morgan fingerprint density at radius 3 is 2.09 bits per heavy atom. The standard InChI is InChI=1S/C23H18/c1-2-9-17-10-3-5-12-19(17)23-16-18-11-4-6-13-20(18)21-14-7-8-15-22(21)23/h2-16H,1H3/b9-2+. The van der Waals surface area contributed by atoms with E-state index < -0.39 is 0 Å².